The molecule has 1 heterocycles. The van der Waals surface area contributed by atoms with Crippen molar-refractivity contribution in [3.63, 3.8) is 0 Å². The third kappa shape index (κ3) is 14.5. The number of nitrogens with zero attached hydrogens (tertiary/aromatic N) is 2. The van der Waals surface area contributed by atoms with Crippen LogP contribution in [0.2, 0.25) is 0 Å². The van der Waals surface area contributed by atoms with E-state index in [1.165, 1.54) is 0 Å². The molecule has 0 N–H and O–H groups in total. The quantitative estimate of drug-likeness (QED) is 0.300. The van der Waals surface area contributed by atoms with Crippen molar-refractivity contribution in [2.24, 2.45) is 5.92 Å². The van der Waals surface area contributed by atoms with E-state index < -0.39 is 29.1 Å². The average molecular weight is 429 g/mol. The molecule has 9 nitrogen and oxygen atoms in total. The first-order chi connectivity index (χ1) is 13.4. The molecule has 0 aliphatic carbocycles. The maximum atomic E-state index is 11.6. The number of amides is 1. The Bertz CT molecular complexity index is 600. The lowest BCUT2D eigenvalue weighted by atomic mass is 9.99. The minimum atomic E-state index is -1.06. The first-order valence-corrected chi connectivity index (χ1v) is 9.93. The fourth-order valence-electron chi connectivity index (χ4n) is 2.13. The number of nitriles is 1. The highest BCUT2D eigenvalue weighted by Crippen LogP contribution is 2.18. The number of carbonyl (C=O) groups is 3. The minimum absolute atomic E-state index is 0.101. The molecule has 0 spiro atoms. The molecule has 0 radical (unpaired) electrons. The van der Waals surface area contributed by atoms with Crippen LogP contribution in [0.3, 0.4) is 0 Å². The number of hydrogen-bond donors (Lipinski definition) is 0. The largest absolute Gasteiger partial charge is 0.519 e. The number of ether oxygens (including phenoxy) is 4. The van der Waals surface area contributed by atoms with E-state index in [-0.39, 0.29) is 12.0 Å². The normalized spacial score (nSPS) is 15.1. The van der Waals surface area contributed by atoms with E-state index in [9.17, 15) is 14.4 Å². The molecule has 0 unspecified atom stereocenters. The Morgan fingerprint density at radius 1 is 0.767 bits per heavy atom. The Kier molecular flexibility index (Phi) is 10.1. The number of likely N-dealkylation sites (tertiary alicyclic amines) is 1. The molecule has 0 atom stereocenters. The van der Waals surface area contributed by atoms with Gasteiger partial charge >= 0.3 is 18.4 Å². The van der Waals surface area contributed by atoms with Gasteiger partial charge in [-0.2, -0.15) is 5.26 Å². The lowest BCUT2D eigenvalue weighted by Gasteiger charge is -2.31. The summed E-state index contributed by atoms with van der Waals surface area (Å²) in [5, 5.41) is 8.72. The van der Waals surface area contributed by atoms with E-state index in [4.69, 9.17) is 19.5 Å². The highest BCUT2D eigenvalue weighted by atomic mass is 16.8. The summed E-state index contributed by atoms with van der Waals surface area (Å²) in [6.45, 7) is 16.8. The molecule has 172 valence electrons. The Hall–Kier alpha value is -2.50. The zero-order chi connectivity index (χ0) is 23.8. The molecule has 1 rings (SSSR count). The van der Waals surface area contributed by atoms with Gasteiger partial charge in [0.15, 0.2) is 0 Å². The molecule has 0 saturated carbocycles. The zero-order valence-corrected chi connectivity index (χ0v) is 19.7. The maximum Gasteiger partial charge on any atom is 0.519 e. The highest BCUT2D eigenvalue weighted by Gasteiger charge is 2.26. The van der Waals surface area contributed by atoms with Crippen LogP contribution in [0.4, 0.5) is 14.4 Å². The first kappa shape index (κ1) is 27.5. The van der Waals surface area contributed by atoms with Gasteiger partial charge in [-0.05, 0) is 75.2 Å². The van der Waals surface area contributed by atoms with E-state index in [0.717, 1.165) is 12.8 Å². The van der Waals surface area contributed by atoms with Crippen LogP contribution in [0.5, 0.6) is 0 Å². The first-order valence-electron chi connectivity index (χ1n) is 9.93. The van der Waals surface area contributed by atoms with Crippen molar-refractivity contribution in [1.29, 1.82) is 5.26 Å². The lowest BCUT2D eigenvalue weighted by Crippen LogP contribution is -2.41. The van der Waals surface area contributed by atoms with Gasteiger partial charge in [-0.25, -0.2) is 14.4 Å². The fourth-order valence-corrected chi connectivity index (χ4v) is 2.13. The van der Waals surface area contributed by atoms with E-state index >= 15 is 0 Å². The van der Waals surface area contributed by atoms with Gasteiger partial charge in [-0.15, -0.1) is 0 Å². The van der Waals surface area contributed by atoms with Crippen molar-refractivity contribution < 1.29 is 33.3 Å². The van der Waals surface area contributed by atoms with Crippen LogP contribution in [-0.4, -0.2) is 53.2 Å². The van der Waals surface area contributed by atoms with Gasteiger partial charge in [0.1, 0.15) is 16.8 Å². The summed E-state index contributed by atoms with van der Waals surface area (Å²) in [6, 6.07) is 2.23. The van der Waals surface area contributed by atoms with Crippen molar-refractivity contribution in [3.05, 3.63) is 0 Å². The molecule has 1 fully saturated rings. The lowest BCUT2D eigenvalue weighted by molar-refractivity contribution is -0.0294. The Morgan fingerprint density at radius 2 is 1.13 bits per heavy atom. The summed E-state index contributed by atoms with van der Waals surface area (Å²) in [6.07, 6.45) is -0.863. The van der Waals surface area contributed by atoms with Gasteiger partial charge < -0.3 is 23.8 Å². The van der Waals surface area contributed by atoms with Crippen molar-refractivity contribution in [2.75, 3.05) is 13.1 Å². The van der Waals surface area contributed by atoms with Gasteiger partial charge in [0.2, 0.25) is 0 Å². The number of rotatable bonds is 0. The molecular weight excluding hydrogens is 392 g/mol. The summed E-state index contributed by atoms with van der Waals surface area (Å²) >= 11 is 0. The molecular formula is C21H36N2O7. The molecule has 0 aromatic rings. The van der Waals surface area contributed by atoms with Gasteiger partial charge in [-0.3, -0.25) is 0 Å². The summed E-state index contributed by atoms with van der Waals surface area (Å²) in [7, 11) is 0. The monoisotopic (exact) mass is 428 g/mol. The van der Waals surface area contributed by atoms with Gasteiger partial charge in [0, 0.05) is 19.0 Å². The third-order valence-corrected chi connectivity index (χ3v) is 3.27. The second kappa shape index (κ2) is 11.0. The molecule has 0 bridgehead atoms. The second-order valence-corrected chi connectivity index (χ2v) is 9.90. The predicted octanol–water partition coefficient (Wildman–Crippen LogP) is 5.03. The molecule has 0 aromatic carbocycles. The van der Waals surface area contributed by atoms with Crippen LogP contribution in [0.1, 0.15) is 75.2 Å². The van der Waals surface area contributed by atoms with Crippen LogP contribution >= 0.6 is 0 Å². The fraction of sp³-hybridized carbons (Fsp3) is 0.810. The topological polar surface area (TPSA) is 115 Å². The van der Waals surface area contributed by atoms with Crippen LogP contribution in [0.25, 0.3) is 0 Å². The number of hydrogen-bond acceptors (Lipinski definition) is 8. The van der Waals surface area contributed by atoms with Crippen LogP contribution in [-0.2, 0) is 18.9 Å². The van der Waals surface area contributed by atoms with Crippen molar-refractivity contribution in [3.8, 4) is 6.07 Å². The molecule has 1 saturated heterocycles. The van der Waals surface area contributed by atoms with Crippen LogP contribution in [0, 0.1) is 17.2 Å². The predicted molar refractivity (Wildman–Crippen MR) is 110 cm³/mol. The van der Waals surface area contributed by atoms with E-state index in [0.29, 0.717) is 13.1 Å². The van der Waals surface area contributed by atoms with Crippen molar-refractivity contribution in [1.82, 2.24) is 4.90 Å². The molecule has 0 aromatic heterocycles. The van der Waals surface area contributed by atoms with Gasteiger partial charge in [0.25, 0.3) is 0 Å². The molecule has 1 amide bonds. The number of piperidine rings is 1. The maximum absolute atomic E-state index is 11.6. The second-order valence-electron chi connectivity index (χ2n) is 9.90. The van der Waals surface area contributed by atoms with Crippen molar-refractivity contribution >= 4 is 18.4 Å². The smallest absolute Gasteiger partial charge is 0.444 e. The Labute approximate surface area is 179 Å². The van der Waals surface area contributed by atoms with Crippen molar-refractivity contribution in [2.45, 2.75) is 92.0 Å². The molecule has 1 aliphatic heterocycles. The van der Waals surface area contributed by atoms with E-state index in [1.54, 1.807) is 46.4 Å². The third-order valence-electron chi connectivity index (χ3n) is 3.27. The summed E-state index contributed by atoms with van der Waals surface area (Å²) in [5.74, 6) is 0.101. The molecule has 30 heavy (non-hydrogen) atoms. The van der Waals surface area contributed by atoms with E-state index in [2.05, 4.69) is 10.8 Å². The SMILES string of the molecule is CC(C)(C)OC(=O)N1CCC(C#N)CC1.CC(C)(C)OC(=O)OC(=O)OC(C)(C)C. The van der Waals surface area contributed by atoms with Gasteiger partial charge in [0.05, 0.1) is 6.07 Å². The van der Waals surface area contributed by atoms with Gasteiger partial charge in [-0.1, -0.05) is 0 Å². The summed E-state index contributed by atoms with van der Waals surface area (Å²) in [4.78, 5) is 35.3. The van der Waals surface area contributed by atoms with Crippen LogP contribution < -0.4 is 0 Å². The summed E-state index contributed by atoms with van der Waals surface area (Å²) < 4.78 is 19.1. The molecule has 9 heteroatoms. The minimum Gasteiger partial charge on any atom is -0.444 e. The standard InChI is InChI=1S/C11H18N2O2.C10H18O5/c1-11(2,3)15-10(14)13-6-4-9(8-12)5-7-13;1-9(2,3)14-7(11)13-8(12)15-10(4,5)6/h9H,4-7H2,1-3H3;1-6H3. The van der Waals surface area contributed by atoms with E-state index in [1.807, 2.05) is 20.8 Å². The zero-order valence-electron chi connectivity index (χ0n) is 19.7. The molecule has 1 aliphatic rings. The average Bonchev–Trinajstić information content (AvgIpc) is 2.50. The Morgan fingerprint density at radius 3 is 1.43 bits per heavy atom. The number of carbonyl (C=O) groups excluding carboxylic acids is 3. The summed E-state index contributed by atoms with van der Waals surface area (Å²) in [5.41, 5.74) is -1.83. The highest BCUT2D eigenvalue weighted by molar-refractivity contribution is 5.77. The van der Waals surface area contributed by atoms with Crippen LogP contribution in [0.15, 0.2) is 0 Å². The Balaban J connectivity index is 0.000000561.